The Morgan fingerprint density at radius 2 is 2.29 bits per heavy atom. The Balaban J connectivity index is 2.12. The number of hydrogen-bond donors (Lipinski definition) is 1. The predicted octanol–water partition coefficient (Wildman–Crippen LogP) is 1.63. The van der Waals surface area contributed by atoms with E-state index in [-0.39, 0.29) is 18.4 Å². The maximum Gasteiger partial charge on any atom is 0.148 e. The number of hydrazine groups is 1. The molecule has 1 fully saturated rings. The van der Waals surface area contributed by atoms with Gasteiger partial charge in [-0.3, -0.25) is 10.2 Å². The van der Waals surface area contributed by atoms with Crippen molar-refractivity contribution in [2.45, 2.75) is 25.9 Å². The summed E-state index contributed by atoms with van der Waals surface area (Å²) in [5, 5.41) is 1.71. The zero-order valence-corrected chi connectivity index (χ0v) is 9.54. The van der Waals surface area contributed by atoms with Crippen LogP contribution >= 0.6 is 0 Å². The minimum Gasteiger partial charge on any atom is -0.298 e. The molecule has 0 amide bonds. The van der Waals surface area contributed by atoms with Crippen molar-refractivity contribution in [3.05, 3.63) is 35.4 Å². The average molecular weight is 240 g/mol. The molecule has 0 aliphatic carbocycles. The van der Waals surface area contributed by atoms with Crippen LogP contribution in [-0.4, -0.2) is 23.4 Å². The molecule has 1 aliphatic rings. The van der Waals surface area contributed by atoms with Crippen LogP contribution in [0.25, 0.3) is 0 Å². The van der Waals surface area contributed by atoms with E-state index in [1.807, 2.05) is 0 Å². The molecule has 0 spiro atoms. The Hall–Kier alpha value is -1.33. The highest BCUT2D eigenvalue weighted by molar-refractivity contribution is 5.81. The normalized spacial score (nSPS) is 20.8. The summed E-state index contributed by atoms with van der Waals surface area (Å²) in [6.45, 7) is 2.48. The molecule has 0 bridgehead atoms. The summed E-state index contributed by atoms with van der Waals surface area (Å²) in [6, 6.07) is 3.26. The molecule has 5 heteroatoms. The molecule has 0 radical (unpaired) electrons. The van der Waals surface area contributed by atoms with Gasteiger partial charge in [-0.05, 0) is 19.4 Å². The Morgan fingerprint density at radius 1 is 1.53 bits per heavy atom. The van der Waals surface area contributed by atoms with Crippen LogP contribution in [0.1, 0.15) is 18.9 Å². The first-order valence-electron chi connectivity index (χ1n) is 5.52. The SMILES string of the molecule is CC(=O)C1CCNN1Cc1ccc(F)cc1F. The molecule has 1 saturated heterocycles. The van der Waals surface area contributed by atoms with Crippen LogP contribution in [0.4, 0.5) is 8.78 Å². The first-order chi connectivity index (χ1) is 8.08. The summed E-state index contributed by atoms with van der Waals surface area (Å²) >= 11 is 0. The molecular formula is C12H14F2N2O. The van der Waals surface area contributed by atoms with E-state index in [1.165, 1.54) is 19.1 Å². The van der Waals surface area contributed by atoms with Crippen molar-refractivity contribution in [3.8, 4) is 0 Å². The monoisotopic (exact) mass is 240 g/mol. The molecule has 1 N–H and O–H groups in total. The van der Waals surface area contributed by atoms with Gasteiger partial charge in [-0.25, -0.2) is 13.8 Å². The van der Waals surface area contributed by atoms with Gasteiger partial charge in [-0.2, -0.15) is 0 Å². The van der Waals surface area contributed by atoms with Crippen molar-refractivity contribution in [2.24, 2.45) is 0 Å². The number of carbonyl (C=O) groups is 1. The third kappa shape index (κ3) is 2.68. The number of nitrogens with one attached hydrogen (secondary N) is 1. The second-order valence-corrected chi connectivity index (χ2v) is 4.19. The second-order valence-electron chi connectivity index (χ2n) is 4.19. The van der Waals surface area contributed by atoms with E-state index in [0.717, 1.165) is 12.5 Å². The molecule has 1 aromatic rings. The first-order valence-corrected chi connectivity index (χ1v) is 5.52. The number of carbonyl (C=O) groups excluding carboxylic acids is 1. The van der Waals surface area contributed by atoms with Crippen molar-refractivity contribution in [3.63, 3.8) is 0 Å². The number of nitrogens with zero attached hydrogens (tertiary/aromatic N) is 1. The summed E-state index contributed by atoms with van der Waals surface area (Å²) in [4.78, 5) is 11.4. The zero-order chi connectivity index (χ0) is 12.4. The van der Waals surface area contributed by atoms with Gasteiger partial charge in [0.05, 0.1) is 6.04 Å². The molecule has 0 aromatic heterocycles. The Bertz CT molecular complexity index is 437. The molecule has 2 rings (SSSR count). The van der Waals surface area contributed by atoms with Gasteiger partial charge in [0, 0.05) is 24.7 Å². The molecule has 1 aliphatic heterocycles. The molecule has 0 saturated carbocycles. The van der Waals surface area contributed by atoms with E-state index in [0.29, 0.717) is 12.1 Å². The van der Waals surface area contributed by atoms with Gasteiger partial charge in [-0.15, -0.1) is 0 Å². The quantitative estimate of drug-likeness (QED) is 0.871. The van der Waals surface area contributed by atoms with Crippen LogP contribution in [0, 0.1) is 11.6 Å². The molecule has 1 aromatic carbocycles. The molecule has 1 atom stereocenters. The summed E-state index contributed by atoms with van der Waals surface area (Å²) in [7, 11) is 0. The highest BCUT2D eigenvalue weighted by atomic mass is 19.1. The Morgan fingerprint density at radius 3 is 2.94 bits per heavy atom. The van der Waals surface area contributed by atoms with E-state index in [9.17, 15) is 13.6 Å². The second kappa shape index (κ2) is 4.89. The van der Waals surface area contributed by atoms with Gasteiger partial charge < -0.3 is 0 Å². The van der Waals surface area contributed by atoms with E-state index >= 15 is 0 Å². The number of benzene rings is 1. The third-order valence-electron chi connectivity index (χ3n) is 2.93. The minimum atomic E-state index is -0.594. The minimum absolute atomic E-state index is 0.0533. The molecule has 92 valence electrons. The number of hydrogen-bond acceptors (Lipinski definition) is 3. The van der Waals surface area contributed by atoms with Crippen molar-refractivity contribution < 1.29 is 13.6 Å². The molecular weight excluding hydrogens is 226 g/mol. The van der Waals surface area contributed by atoms with Gasteiger partial charge in [0.2, 0.25) is 0 Å². The number of Topliss-reactive ketones (excluding diaryl/α,β-unsaturated/α-hetero) is 1. The predicted molar refractivity (Wildman–Crippen MR) is 59.0 cm³/mol. The van der Waals surface area contributed by atoms with Crippen LogP contribution < -0.4 is 5.43 Å². The lowest BCUT2D eigenvalue weighted by molar-refractivity contribution is -0.122. The van der Waals surface area contributed by atoms with Crippen LogP contribution in [0.15, 0.2) is 18.2 Å². The fourth-order valence-electron chi connectivity index (χ4n) is 2.03. The molecule has 3 nitrogen and oxygen atoms in total. The lowest BCUT2D eigenvalue weighted by Gasteiger charge is -2.22. The first kappa shape index (κ1) is 12.1. The van der Waals surface area contributed by atoms with Gasteiger partial charge in [0.1, 0.15) is 17.4 Å². The van der Waals surface area contributed by atoms with Crippen molar-refractivity contribution in [2.75, 3.05) is 6.54 Å². The molecule has 1 heterocycles. The lowest BCUT2D eigenvalue weighted by atomic mass is 10.1. The molecule has 1 unspecified atom stereocenters. The summed E-state index contributed by atoms with van der Waals surface area (Å²) < 4.78 is 26.2. The van der Waals surface area contributed by atoms with Gasteiger partial charge in [0.25, 0.3) is 0 Å². The summed E-state index contributed by atoms with van der Waals surface area (Å²) in [5.74, 6) is -1.12. The van der Waals surface area contributed by atoms with Gasteiger partial charge >= 0.3 is 0 Å². The van der Waals surface area contributed by atoms with Gasteiger partial charge in [-0.1, -0.05) is 6.07 Å². The Labute approximate surface area is 98.4 Å². The summed E-state index contributed by atoms with van der Waals surface area (Å²) in [5.41, 5.74) is 3.41. The van der Waals surface area contributed by atoms with Crippen molar-refractivity contribution >= 4 is 5.78 Å². The smallest absolute Gasteiger partial charge is 0.148 e. The molecule has 17 heavy (non-hydrogen) atoms. The van der Waals surface area contributed by atoms with E-state index < -0.39 is 11.6 Å². The highest BCUT2D eigenvalue weighted by Gasteiger charge is 2.28. The van der Waals surface area contributed by atoms with Crippen LogP contribution in [-0.2, 0) is 11.3 Å². The lowest BCUT2D eigenvalue weighted by Crippen LogP contribution is -2.40. The topological polar surface area (TPSA) is 32.3 Å². The van der Waals surface area contributed by atoms with Crippen molar-refractivity contribution in [1.82, 2.24) is 10.4 Å². The third-order valence-corrected chi connectivity index (χ3v) is 2.93. The number of ketones is 1. The average Bonchev–Trinajstić information content (AvgIpc) is 2.70. The van der Waals surface area contributed by atoms with E-state index in [4.69, 9.17) is 0 Å². The Kier molecular flexibility index (Phi) is 3.49. The largest absolute Gasteiger partial charge is 0.298 e. The van der Waals surface area contributed by atoms with Crippen LogP contribution in [0.2, 0.25) is 0 Å². The standard InChI is InChI=1S/C12H14F2N2O/c1-8(17)12-4-5-15-16(12)7-9-2-3-10(13)6-11(9)14/h2-3,6,12,15H,4-5,7H2,1H3. The maximum atomic E-state index is 13.5. The van der Waals surface area contributed by atoms with Gasteiger partial charge in [0.15, 0.2) is 0 Å². The number of rotatable bonds is 3. The van der Waals surface area contributed by atoms with E-state index in [2.05, 4.69) is 5.43 Å². The van der Waals surface area contributed by atoms with Crippen LogP contribution in [0.3, 0.4) is 0 Å². The summed E-state index contributed by atoms with van der Waals surface area (Å²) in [6.07, 6.45) is 0.720. The number of halogens is 2. The van der Waals surface area contributed by atoms with Crippen LogP contribution in [0.5, 0.6) is 0 Å². The van der Waals surface area contributed by atoms with Crippen molar-refractivity contribution in [1.29, 1.82) is 0 Å². The fraction of sp³-hybridized carbons (Fsp3) is 0.417. The zero-order valence-electron chi connectivity index (χ0n) is 9.54. The maximum absolute atomic E-state index is 13.5. The highest BCUT2D eigenvalue weighted by Crippen LogP contribution is 2.17. The van der Waals surface area contributed by atoms with E-state index in [1.54, 1.807) is 5.01 Å². The fourth-order valence-corrected chi connectivity index (χ4v) is 2.03.